The van der Waals surface area contributed by atoms with Crippen molar-refractivity contribution in [2.45, 2.75) is 13.0 Å². The quantitative estimate of drug-likeness (QED) is 0.794. The molecular weight excluding hydrogens is 246 g/mol. The number of para-hydroxylation sites is 1. The van der Waals surface area contributed by atoms with Crippen molar-refractivity contribution in [1.82, 2.24) is 0 Å². The van der Waals surface area contributed by atoms with Gasteiger partial charge in [0.15, 0.2) is 12.7 Å². The van der Waals surface area contributed by atoms with E-state index in [-0.39, 0.29) is 13.0 Å². The largest absolute Gasteiger partial charge is 0.481 e. The zero-order chi connectivity index (χ0) is 13.8. The topological polar surface area (TPSA) is 78.5 Å². The lowest BCUT2D eigenvalue weighted by atomic mass is 10.1. The fourth-order valence-electron chi connectivity index (χ4n) is 2.06. The number of aromatic nitrogens is 1. The number of benzene rings is 1. The van der Waals surface area contributed by atoms with Gasteiger partial charge in [0.05, 0.1) is 6.42 Å². The molecule has 19 heavy (non-hydrogen) atoms. The summed E-state index contributed by atoms with van der Waals surface area (Å²) in [5.74, 6) is -3.13. The van der Waals surface area contributed by atoms with Crippen LogP contribution >= 0.6 is 0 Å². The van der Waals surface area contributed by atoms with E-state index in [1.54, 1.807) is 10.8 Å². The molecule has 98 valence electrons. The van der Waals surface area contributed by atoms with Gasteiger partial charge in [0, 0.05) is 17.5 Å². The molecule has 0 aliphatic carbocycles. The zero-order valence-electron chi connectivity index (χ0n) is 10.2. The first kappa shape index (κ1) is 13.0. The molecular formula is C14H14NO4+. The highest BCUT2D eigenvalue weighted by atomic mass is 16.4. The minimum atomic E-state index is -1.10. The molecule has 0 bridgehead atoms. The van der Waals surface area contributed by atoms with Crippen LogP contribution in [0.2, 0.25) is 0 Å². The van der Waals surface area contributed by atoms with Crippen LogP contribution in [0.3, 0.4) is 0 Å². The lowest BCUT2D eigenvalue weighted by Gasteiger charge is -2.07. The minimum Gasteiger partial charge on any atom is -0.481 e. The lowest BCUT2D eigenvalue weighted by Crippen LogP contribution is -2.41. The number of carboxylic acids is 2. The van der Waals surface area contributed by atoms with E-state index in [9.17, 15) is 9.59 Å². The van der Waals surface area contributed by atoms with Crippen molar-refractivity contribution in [3.63, 3.8) is 0 Å². The van der Waals surface area contributed by atoms with Gasteiger partial charge < -0.3 is 10.2 Å². The normalized spacial score (nSPS) is 12.2. The second-order valence-corrected chi connectivity index (χ2v) is 4.35. The summed E-state index contributed by atoms with van der Waals surface area (Å²) < 4.78 is 1.77. The summed E-state index contributed by atoms with van der Waals surface area (Å²) in [6.07, 6.45) is 1.38. The Balaban J connectivity index is 2.33. The SMILES string of the molecule is O=C(O)CC(C[n+]1cccc2ccccc21)C(=O)O. The molecule has 5 heteroatoms. The number of hydrogen-bond acceptors (Lipinski definition) is 2. The van der Waals surface area contributed by atoms with E-state index in [0.717, 1.165) is 10.9 Å². The molecule has 0 aliphatic rings. The number of carbonyl (C=O) groups is 2. The molecule has 5 nitrogen and oxygen atoms in total. The molecule has 0 saturated heterocycles. The van der Waals surface area contributed by atoms with Crippen molar-refractivity contribution >= 4 is 22.8 Å². The average Bonchev–Trinajstić information content (AvgIpc) is 2.37. The van der Waals surface area contributed by atoms with Crippen LogP contribution in [0.25, 0.3) is 10.9 Å². The van der Waals surface area contributed by atoms with E-state index in [0.29, 0.717) is 0 Å². The van der Waals surface area contributed by atoms with E-state index >= 15 is 0 Å². The molecule has 1 atom stereocenters. The van der Waals surface area contributed by atoms with Gasteiger partial charge in [-0.1, -0.05) is 12.1 Å². The summed E-state index contributed by atoms with van der Waals surface area (Å²) in [7, 11) is 0. The average molecular weight is 260 g/mol. The summed E-state index contributed by atoms with van der Waals surface area (Å²) in [6.45, 7) is 0.142. The second kappa shape index (κ2) is 5.48. The summed E-state index contributed by atoms with van der Waals surface area (Å²) in [5.41, 5.74) is 0.890. The Bertz CT molecular complexity index is 618. The maximum absolute atomic E-state index is 11.1. The van der Waals surface area contributed by atoms with Crippen LogP contribution in [-0.4, -0.2) is 22.2 Å². The monoisotopic (exact) mass is 260 g/mol. The highest BCUT2D eigenvalue weighted by Gasteiger charge is 2.26. The predicted octanol–water partition coefficient (Wildman–Crippen LogP) is 1.30. The van der Waals surface area contributed by atoms with Crippen molar-refractivity contribution in [2.75, 3.05) is 0 Å². The Morgan fingerprint density at radius 3 is 2.47 bits per heavy atom. The van der Waals surface area contributed by atoms with Crippen LogP contribution in [0.1, 0.15) is 6.42 Å². The Morgan fingerprint density at radius 1 is 1.11 bits per heavy atom. The van der Waals surface area contributed by atoms with E-state index in [1.165, 1.54) is 0 Å². The Morgan fingerprint density at radius 2 is 1.79 bits per heavy atom. The number of carboxylic acid groups (broad SMARTS) is 2. The van der Waals surface area contributed by atoms with Crippen LogP contribution in [-0.2, 0) is 16.1 Å². The third kappa shape index (κ3) is 3.07. The molecule has 1 heterocycles. The first-order valence-electron chi connectivity index (χ1n) is 5.89. The molecule has 1 aromatic heterocycles. The molecule has 0 spiro atoms. The first-order valence-corrected chi connectivity index (χ1v) is 5.89. The molecule has 1 unspecified atom stereocenters. The number of fused-ring (bicyclic) bond motifs is 1. The van der Waals surface area contributed by atoms with Crippen LogP contribution in [0, 0.1) is 5.92 Å². The second-order valence-electron chi connectivity index (χ2n) is 4.35. The number of pyridine rings is 1. The Kier molecular flexibility index (Phi) is 3.75. The van der Waals surface area contributed by atoms with Gasteiger partial charge in [0.2, 0.25) is 5.52 Å². The number of aliphatic carboxylic acids is 2. The highest BCUT2D eigenvalue weighted by Crippen LogP contribution is 2.10. The fourth-order valence-corrected chi connectivity index (χ4v) is 2.06. The fraction of sp³-hybridized carbons (Fsp3) is 0.214. The van der Waals surface area contributed by atoms with Gasteiger partial charge in [-0.2, -0.15) is 4.57 Å². The van der Waals surface area contributed by atoms with E-state index in [4.69, 9.17) is 10.2 Å². The Hall–Kier alpha value is -2.43. The molecule has 2 N–H and O–H groups in total. The molecule has 1 aromatic carbocycles. The predicted molar refractivity (Wildman–Crippen MR) is 67.5 cm³/mol. The molecule has 2 rings (SSSR count). The van der Waals surface area contributed by atoms with E-state index in [1.807, 2.05) is 36.4 Å². The van der Waals surface area contributed by atoms with Crippen molar-refractivity contribution in [2.24, 2.45) is 5.92 Å². The van der Waals surface area contributed by atoms with Crippen LogP contribution < -0.4 is 4.57 Å². The summed E-state index contributed by atoms with van der Waals surface area (Å²) in [6, 6.07) is 11.3. The highest BCUT2D eigenvalue weighted by molar-refractivity contribution is 5.78. The molecule has 0 radical (unpaired) electrons. The van der Waals surface area contributed by atoms with Crippen molar-refractivity contribution < 1.29 is 24.4 Å². The van der Waals surface area contributed by atoms with E-state index < -0.39 is 17.9 Å². The van der Waals surface area contributed by atoms with Gasteiger partial charge in [-0.25, -0.2) is 0 Å². The third-order valence-corrected chi connectivity index (χ3v) is 2.98. The van der Waals surface area contributed by atoms with Gasteiger partial charge in [0.1, 0.15) is 5.92 Å². The lowest BCUT2D eigenvalue weighted by molar-refractivity contribution is -0.676. The number of hydrogen-bond donors (Lipinski definition) is 2. The molecule has 2 aromatic rings. The smallest absolute Gasteiger partial charge is 0.313 e. The maximum atomic E-state index is 11.1. The maximum Gasteiger partial charge on any atom is 0.313 e. The number of rotatable bonds is 5. The van der Waals surface area contributed by atoms with Gasteiger partial charge >= 0.3 is 11.9 Å². The van der Waals surface area contributed by atoms with Crippen molar-refractivity contribution in [3.8, 4) is 0 Å². The molecule has 0 aliphatic heterocycles. The van der Waals surface area contributed by atoms with Crippen molar-refractivity contribution in [1.29, 1.82) is 0 Å². The number of nitrogens with zero attached hydrogens (tertiary/aromatic N) is 1. The van der Waals surface area contributed by atoms with Gasteiger partial charge in [-0.3, -0.25) is 9.59 Å². The molecule has 0 amide bonds. The van der Waals surface area contributed by atoms with Crippen LogP contribution in [0.4, 0.5) is 0 Å². The summed E-state index contributed by atoms with van der Waals surface area (Å²) in [4.78, 5) is 21.8. The standard InChI is InChI=1S/C14H13NO4/c16-13(17)8-11(14(18)19)9-15-7-3-5-10-4-1-2-6-12(10)15/h1-7,11H,8-9H2,(H-,16,17,18,19)/p+1. The third-order valence-electron chi connectivity index (χ3n) is 2.98. The van der Waals surface area contributed by atoms with E-state index in [2.05, 4.69) is 0 Å². The molecule has 0 saturated carbocycles. The van der Waals surface area contributed by atoms with Crippen LogP contribution in [0.15, 0.2) is 42.6 Å². The summed E-state index contributed by atoms with van der Waals surface area (Å²) >= 11 is 0. The van der Waals surface area contributed by atoms with Gasteiger partial charge in [-0.15, -0.1) is 0 Å². The van der Waals surface area contributed by atoms with Crippen molar-refractivity contribution in [3.05, 3.63) is 42.6 Å². The van der Waals surface area contributed by atoms with Gasteiger partial charge in [0.25, 0.3) is 0 Å². The zero-order valence-corrected chi connectivity index (χ0v) is 10.2. The summed E-state index contributed by atoms with van der Waals surface area (Å²) in [5, 5.41) is 18.8. The Labute approximate surface area is 109 Å². The molecule has 0 fully saturated rings. The van der Waals surface area contributed by atoms with Crippen LogP contribution in [0.5, 0.6) is 0 Å². The van der Waals surface area contributed by atoms with Gasteiger partial charge in [-0.05, 0) is 12.1 Å². The minimum absolute atomic E-state index is 0.142. The first-order chi connectivity index (χ1) is 9.08.